The van der Waals surface area contributed by atoms with E-state index >= 15 is 0 Å². The van der Waals surface area contributed by atoms with Gasteiger partial charge in [0.15, 0.2) is 0 Å². The highest BCUT2D eigenvalue weighted by molar-refractivity contribution is 5.94. The summed E-state index contributed by atoms with van der Waals surface area (Å²) in [4.78, 5) is 15.9. The predicted molar refractivity (Wildman–Crippen MR) is 69.6 cm³/mol. The summed E-state index contributed by atoms with van der Waals surface area (Å²) in [6, 6.07) is 3.32. The normalized spacial score (nSPS) is 12.9. The molecule has 0 saturated carbocycles. The third-order valence-electron chi connectivity index (χ3n) is 2.79. The fourth-order valence-electron chi connectivity index (χ4n) is 1.29. The number of anilines is 1. The molecule has 18 heavy (non-hydrogen) atoms. The number of hydrogen-bond donors (Lipinski definition) is 2. The number of nitrogens with one attached hydrogen (secondary N) is 1. The van der Waals surface area contributed by atoms with Crippen LogP contribution in [0, 0.1) is 0 Å². The van der Waals surface area contributed by atoms with E-state index in [0.29, 0.717) is 18.0 Å². The predicted octanol–water partition coefficient (Wildman–Crippen LogP) is 1.83. The van der Waals surface area contributed by atoms with Crippen LogP contribution in [-0.2, 0) is 4.74 Å². The Morgan fingerprint density at radius 3 is 2.83 bits per heavy atom. The molecule has 1 unspecified atom stereocenters. The van der Waals surface area contributed by atoms with E-state index < -0.39 is 17.6 Å². The highest BCUT2D eigenvalue weighted by Gasteiger charge is 2.26. The summed E-state index contributed by atoms with van der Waals surface area (Å²) >= 11 is 0. The molecule has 0 radical (unpaired) electrons. The molecule has 0 aliphatic heterocycles. The zero-order valence-electron chi connectivity index (χ0n) is 11.2. The van der Waals surface area contributed by atoms with Gasteiger partial charge < -0.3 is 15.2 Å². The molecule has 0 saturated heterocycles. The number of aromatic nitrogens is 1. The second kappa shape index (κ2) is 5.82. The fraction of sp³-hybridized carbons (Fsp3) is 0.538. The van der Waals surface area contributed by atoms with Crippen molar-refractivity contribution in [3.63, 3.8) is 0 Å². The Balaban J connectivity index is 2.99. The molecule has 1 atom stereocenters. The van der Waals surface area contributed by atoms with Crippen LogP contribution in [0.4, 0.5) is 5.82 Å². The van der Waals surface area contributed by atoms with E-state index in [9.17, 15) is 9.90 Å². The molecule has 5 nitrogen and oxygen atoms in total. The molecular formula is C13H20N2O3. The van der Waals surface area contributed by atoms with Gasteiger partial charge in [0.1, 0.15) is 11.4 Å². The van der Waals surface area contributed by atoms with Crippen LogP contribution in [0.2, 0.25) is 0 Å². The maximum atomic E-state index is 11.8. The fourth-order valence-corrected chi connectivity index (χ4v) is 1.29. The van der Waals surface area contributed by atoms with Crippen molar-refractivity contribution in [1.29, 1.82) is 0 Å². The van der Waals surface area contributed by atoms with Crippen molar-refractivity contribution >= 4 is 11.8 Å². The van der Waals surface area contributed by atoms with Gasteiger partial charge in [0.2, 0.25) is 0 Å². The van der Waals surface area contributed by atoms with Gasteiger partial charge in [0.25, 0.3) is 0 Å². The second-order valence-corrected chi connectivity index (χ2v) is 4.64. The number of rotatable bonds is 5. The molecule has 1 rings (SSSR count). The van der Waals surface area contributed by atoms with Crippen molar-refractivity contribution in [3.8, 4) is 0 Å². The number of carbonyl (C=O) groups is 1. The third-order valence-corrected chi connectivity index (χ3v) is 2.79. The second-order valence-electron chi connectivity index (χ2n) is 4.64. The van der Waals surface area contributed by atoms with Crippen LogP contribution < -0.4 is 5.32 Å². The van der Waals surface area contributed by atoms with E-state index in [2.05, 4.69) is 10.3 Å². The maximum Gasteiger partial charge on any atom is 0.341 e. The van der Waals surface area contributed by atoms with E-state index in [0.717, 1.165) is 0 Å². The van der Waals surface area contributed by atoms with E-state index in [1.165, 1.54) is 0 Å². The number of aliphatic hydroxyl groups is 1. The first-order chi connectivity index (χ1) is 8.38. The minimum atomic E-state index is -0.588. The molecule has 1 aromatic rings. The zero-order chi connectivity index (χ0) is 13.8. The summed E-state index contributed by atoms with van der Waals surface area (Å²) in [5.41, 5.74) is -0.219. The Morgan fingerprint density at radius 2 is 2.28 bits per heavy atom. The summed E-state index contributed by atoms with van der Waals surface area (Å²) in [7, 11) is 0. The molecule has 0 spiro atoms. The molecule has 0 fully saturated rings. The smallest absolute Gasteiger partial charge is 0.341 e. The van der Waals surface area contributed by atoms with Crippen LogP contribution >= 0.6 is 0 Å². The average molecular weight is 252 g/mol. The van der Waals surface area contributed by atoms with E-state index in [1.54, 1.807) is 32.2 Å². The number of nitrogens with zero attached hydrogens (tertiary/aromatic N) is 1. The van der Waals surface area contributed by atoms with Crippen LogP contribution in [-0.4, -0.2) is 34.3 Å². The lowest BCUT2D eigenvalue weighted by Crippen LogP contribution is -2.42. The molecule has 0 aromatic carbocycles. The number of pyridine rings is 1. The lowest BCUT2D eigenvalue weighted by molar-refractivity contribution is 0.0526. The summed E-state index contributed by atoms with van der Waals surface area (Å²) < 4.78 is 4.96. The van der Waals surface area contributed by atoms with Crippen molar-refractivity contribution in [1.82, 2.24) is 4.98 Å². The van der Waals surface area contributed by atoms with Gasteiger partial charge in [-0.1, -0.05) is 0 Å². The van der Waals surface area contributed by atoms with Crippen molar-refractivity contribution in [3.05, 3.63) is 23.9 Å². The molecule has 2 N–H and O–H groups in total. The van der Waals surface area contributed by atoms with E-state index in [-0.39, 0.29) is 0 Å². The van der Waals surface area contributed by atoms with Crippen molar-refractivity contribution < 1.29 is 14.6 Å². The number of esters is 1. The zero-order valence-corrected chi connectivity index (χ0v) is 11.2. The van der Waals surface area contributed by atoms with Crippen molar-refractivity contribution in [2.75, 3.05) is 11.9 Å². The van der Waals surface area contributed by atoms with Crippen molar-refractivity contribution in [2.24, 2.45) is 0 Å². The van der Waals surface area contributed by atoms with Gasteiger partial charge in [0, 0.05) is 6.20 Å². The molecule has 1 heterocycles. The van der Waals surface area contributed by atoms with E-state index in [1.807, 2.05) is 13.8 Å². The van der Waals surface area contributed by atoms with Gasteiger partial charge in [-0.2, -0.15) is 0 Å². The van der Waals surface area contributed by atoms with Crippen molar-refractivity contribution in [2.45, 2.75) is 39.3 Å². The first-order valence-electron chi connectivity index (χ1n) is 5.97. The molecule has 100 valence electrons. The van der Waals surface area contributed by atoms with Gasteiger partial charge in [-0.3, -0.25) is 0 Å². The Bertz CT molecular complexity index is 416. The Hall–Kier alpha value is -1.62. The Morgan fingerprint density at radius 1 is 1.61 bits per heavy atom. The average Bonchev–Trinajstić information content (AvgIpc) is 2.29. The standard InChI is InChI=1S/C13H20N2O3/c1-5-18-12(17)10-7-6-8-14-11(10)15-13(3,4)9(2)16/h6-9,16H,5H2,1-4H3,(H,14,15). The summed E-state index contributed by atoms with van der Waals surface area (Å²) in [6.07, 6.45) is 0.998. The van der Waals surface area contributed by atoms with Crippen LogP contribution in [0.25, 0.3) is 0 Å². The van der Waals surface area contributed by atoms with Crippen LogP contribution in [0.1, 0.15) is 38.1 Å². The highest BCUT2D eigenvalue weighted by Crippen LogP contribution is 2.20. The first kappa shape index (κ1) is 14.4. The molecule has 1 aromatic heterocycles. The molecule has 5 heteroatoms. The highest BCUT2D eigenvalue weighted by atomic mass is 16.5. The maximum absolute atomic E-state index is 11.8. The molecule has 0 amide bonds. The number of hydrogen-bond acceptors (Lipinski definition) is 5. The number of carbonyl (C=O) groups excluding carboxylic acids is 1. The van der Waals surface area contributed by atoms with Gasteiger partial charge in [0.05, 0.1) is 18.2 Å². The van der Waals surface area contributed by atoms with Crippen LogP contribution in [0.15, 0.2) is 18.3 Å². The first-order valence-corrected chi connectivity index (χ1v) is 5.97. The summed E-state index contributed by atoms with van der Waals surface area (Å²) in [5, 5.41) is 12.7. The van der Waals surface area contributed by atoms with Gasteiger partial charge in [-0.25, -0.2) is 9.78 Å². The minimum Gasteiger partial charge on any atom is -0.462 e. The molecular weight excluding hydrogens is 232 g/mol. The monoisotopic (exact) mass is 252 g/mol. The summed E-state index contributed by atoms with van der Waals surface area (Å²) in [6.45, 7) is 7.41. The van der Waals surface area contributed by atoms with Gasteiger partial charge >= 0.3 is 5.97 Å². The number of aliphatic hydroxyl groups excluding tert-OH is 1. The van der Waals surface area contributed by atoms with Gasteiger partial charge in [-0.15, -0.1) is 0 Å². The Kier molecular flexibility index (Phi) is 4.67. The lowest BCUT2D eigenvalue weighted by Gasteiger charge is -2.30. The largest absolute Gasteiger partial charge is 0.462 e. The molecule has 0 bridgehead atoms. The van der Waals surface area contributed by atoms with Crippen LogP contribution in [0.5, 0.6) is 0 Å². The van der Waals surface area contributed by atoms with E-state index in [4.69, 9.17) is 4.74 Å². The third kappa shape index (κ3) is 3.43. The Labute approximate surface area is 107 Å². The summed E-state index contributed by atoms with van der Waals surface area (Å²) in [5.74, 6) is -0.00339. The lowest BCUT2D eigenvalue weighted by atomic mass is 9.98. The van der Waals surface area contributed by atoms with Crippen LogP contribution in [0.3, 0.4) is 0 Å². The topological polar surface area (TPSA) is 71.5 Å². The quantitative estimate of drug-likeness (QED) is 0.782. The molecule has 0 aliphatic carbocycles. The minimum absolute atomic E-state index is 0.312. The van der Waals surface area contributed by atoms with Gasteiger partial charge in [-0.05, 0) is 39.8 Å². The SMILES string of the molecule is CCOC(=O)c1cccnc1NC(C)(C)C(C)O. The molecule has 0 aliphatic rings. The number of ether oxygens (including phenoxy) is 1.